The van der Waals surface area contributed by atoms with Crippen molar-refractivity contribution in [3.63, 3.8) is 0 Å². The number of nitrogens with one attached hydrogen (secondary N) is 1. The van der Waals surface area contributed by atoms with Crippen LogP contribution in [0, 0.1) is 0 Å². The fourth-order valence-corrected chi connectivity index (χ4v) is 2.84. The Balaban J connectivity index is 2.12. The van der Waals surface area contributed by atoms with E-state index in [9.17, 15) is 4.79 Å². The first-order valence-electron chi connectivity index (χ1n) is 8.23. The highest BCUT2D eigenvalue weighted by atomic mass is 16.5. The molecular formula is C18H28N2O2. The molecule has 1 amide bonds. The van der Waals surface area contributed by atoms with Crippen LogP contribution in [0.3, 0.4) is 0 Å². The summed E-state index contributed by atoms with van der Waals surface area (Å²) in [6.07, 6.45) is 0. The maximum absolute atomic E-state index is 12.3. The number of carbonyl (C=O) groups excluding carboxylic acids is 1. The zero-order valence-electron chi connectivity index (χ0n) is 14.2. The van der Waals surface area contributed by atoms with Crippen LogP contribution in [0.1, 0.15) is 50.7 Å². The molecule has 0 aliphatic carbocycles. The maximum atomic E-state index is 12.3. The van der Waals surface area contributed by atoms with E-state index < -0.39 is 0 Å². The highest BCUT2D eigenvalue weighted by Gasteiger charge is 2.18. The third-order valence-electron chi connectivity index (χ3n) is 4.15. The first-order valence-corrected chi connectivity index (χ1v) is 8.23. The van der Waals surface area contributed by atoms with Gasteiger partial charge in [0.1, 0.15) is 0 Å². The van der Waals surface area contributed by atoms with Crippen molar-refractivity contribution in [1.82, 2.24) is 4.90 Å². The van der Waals surface area contributed by atoms with Crippen molar-refractivity contribution in [1.29, 1.82) is 0 Å². The monoisotopic (exact) mass is 304 g/mol. The molecular weight excluding hydrogens is 276 g/mol. The van der Waals surface area contributed by atoms with Gasteiger partial charge < -0.3 is 15.0 Å². The predicted molar refractivity (Wildman–Crippen MR) is 90.5 cm³/mol. The Hall–Kier alpha value is -1.55. The molecule has 1 aliphatic rings. The number of nitrogens with zero attached hydrogens (tertiary/aromatic N) is 1. The van der Waals surface area contributed by atoms with E-state index >= 15 is 0 Å². The van der Waals surface area contributed by atoms with Crippen LogP contribution in [-0.2, 0) is 9.53 Å². The van der Waals surface area contributed by atoms with E-state index in [1.165, 1.54) is 11.1 Å². The summed E-state index contributed by atoms with van der Waals surface area (Å²) in [6.45, 7) is 11.8. The lowest BCUT2D eigenvalue weighted by Gasteiger charge is -2.28. The molecule has 0 atom stereocenters. The van der Waals surface area contributed by atoms with Crippen molar-refractivity contribution in [2.24, 2.45) is 0 Å². The van der Waals surface area contributed by atoms with Gasteiger partial charge in [-0.05, 0) is 23.0 Å². The van der Waals surface area contributed by atoms with Crippen molar-refractivity contribution in [2.45, 2.75) is 39.5 Å². The Morgan fingerprint density at radius 3 is 2.18 bits per heavy atom. The van der Waals surface area contributed by atoms with E-state index in [0.29, 0.717) is 44.7 Å². The minimum Gasteiger partial charge on any atom is -0.378 e. The molecule has 4 nitrogen and oxygen atoms in total. The van der Waals surface area contributed by atoms with Gasteiger partial charge in [0.05, 0.1) is 19.8 Å². The molecule has 0 radical (unpaired) electrons. The molecule has 0 spiro atoms. The normalized spacial score (nSPS) is 15.5. The van der Waals surface area contributed by atoms with Crippen LogP contribution in [0.25, 0.3) is 0 Å². The fraction of sp³-hybridized carbons (Fsp3) is 0.611. The largest absolute Gasteiger partial charge is 0.378 e. The predicted octanol–water partition coefficient (Wildman–Crippen LogP) is 3.20. The van der Waals surface area contributed by atoms with Gasteiger partial charge in [-0.15, -0.1) is 0 Å². The van der Waals surface area contributed by atoms with Crippen LogP contribution in [0.15, 0.2) is 18.2 Å². The molecule has 122 valence electrons. The third-order valence-corrected chi connectivity index (χ3v) is 4.15. The average Bonchev–Trinajstić information content (AvgIpc) is 2.52. The smallest absolute Gasteiger partial charge is 0.242 e. The number of hydrogen-bond donors (Lipinski definition) is 1. The molecule has 2 rings (SSSR count). The molecule has 1 aliphatic heterocycles. The van der Waals surface area contributed by atoms with Crippen LogP contribution in [0.2, 0.25) is 0 Å². The van der Waals surface area contributed by atoms with Gasteiger partial charge in [-0.3, -0.25) is 4.79 Å². The molecule has 4 heteroatoms. The van der Waals surface area contributed by atoms with Crippen molar-refractivity contribution in [2.75, 3.05) is 38.2 Å². The maximum Gasteiger partial charge on any atom is 0.242 e. The number of benzene rings is 1. The first-order chi connectivity index (χ1) is 10.5. The second-order valence-corrected chi connectivity index (χ2v) is 6.47. The summed E-state index contributed by atoms with van der Waals surface area (Å²) in [7, 11) is 0. The van der Waals surface area contributed by atoms with Gasteiger partial charge in [-0.2, -0.15) is 0 Å². The topological polar surface area (TPSA) is 41.6 Å². The lowest BCUT2D eigenvalue weighted by Crippen LogP contribution is -2.43. The average molecular weight is 304 g/mol. The summed E-state index contributed by atoms with van der Waals surface area (Å²) in [6, 6.07) is 6.41. The highest BCUT2D eigenvalue weighted by Crippen LogP contribution is 2.32. The Morgan fingerprint density at radius 1 is 1.14 bits per heavy atom. The van der Waals surface area contributed by atoms with Crippen LogP contribution in [0.5, 0.6) is 0 Å². The van der Waals surface area contributed by atoms with E-state index in [1.807, 2.05) is 4.90 Å². The Morgan fingerprint density at radius 2 is 1.68 bits per heavy atom. The summed E-state index contributed by atoms with van der Waals surface area (Å²) >= 11 is 0. The molecule has 0 unspecified atom stereocenters. The number of rotatable bonds is 5. The van der Waals surface area contributed by atoms with E-state index in [-0.39, 0.29) is 5.91 Å². The summed E-state index contributed by atoms with van der Waals surface area (Å²) < 4.78 is 5.30. The molecule has 1 aromatic rings. The minimum absolute atomic E-state index is 0.150. The third kappa shape index (κ3) is 4.01. The van der Waals surface area contributed by atoms with Gasteiger partial charge in [0.2, 0.25) is 5.91 Å². The molecule has 1 saturated heterocycles. The second-order valence-electron chi connectivity index (χ2n) is 6.47. The standard InChI is InChI=1S/C18H28N2O2/c1-13(2)15-6-5-7-16(14(3)4)18(15)19-12-17(21)20-8-10-22-11-9-20/h5-7,13-14,19H,8-12H2,1-4H3. The number of ether oxygens (including phenoxy) is 1. The molecule has 1 heterocycles. The second kappa shape index (κ2) is 7.63. The van der Waals surface area contributed by atoms with Crippen molar-refractivity contribution in [3.8, 4) is 0 Å². The molecule has 1 N–H and O–H groups in total. The van der Waals surface area contributed by atoms with Crippen LogP contribution in [-0.4, -0.2) is 43.7 Å². The van der Waals surface area contributed by atoms with Crippen LogP contribution >= 0.6 is 0 Å². The summed E-state index contributed by atoms with van der Waals surface area (Å²) in [4.78, 5) is 14.2. The summed E-state index contributed by atoms with van der Waals surface area (Å²) in [5, 5.41) is 3.41. The van der Waals surface area contributed by atoms with Crippen molar-refractivity contribution >= 4 is 11.6 Å². The summed E-state index contributed by atoms with van der Waals surface area (Å²) in [5.41, 5.74) is 3.69. The Kier molecular flexibility index (Phi) is 5.83. The van der Waals surface area contributed by atoms with Crippen LogP contribution in [0.4, 0.5) is 5.69 Å². The number of amides is 1. The van der Waals surface area contributed by atoms with Gasteiger partial charge in [0.15, 0.2) is 0 Å². The lowest BCUT2D eigenvalue weighted by molar-refractivity contribution is -0.133. The van der Waals surface area contributed by atoms with Gasteiger partial charge in [-0.25, -0.2) is 0 Å². The lowest BCUT2D eigenvalue weighted by atomic mass is 9.92. The minimum atomic E-state index is 0.150. The molecule has 1 aromatic carbocycles. The van der Waals surface area contributed by atoms with Crippen LogP contribution < -0.4 is 5.32 Å². The van der Waals surface area contributed by atoms with Crippen molar-refractivity contribution in [3.05, 3.63) is 29.3 Å². The number of hydrogen-bond acceptors (Lipinski definition) is 3. The first kappa shape index (κ1) is 16.8. The summed E-state index contributed by atoms with van der Waals surface area (Å²) in [5.74, 6) is 1.01. The molecule has 0 aromatic heterocycles. The van der Waals surface area contributed by atoms with E-state index in [0.717, 1.165) is 5.69 Å². The molecule has 0 saturated carbocycles. The zero-order valence-corrected chi connectivity index (χ0v) is 14.2. The van der Waals surface area contributed by atoms with Gasteiger partial charge in [-0.1, -0.05) is 45.9 Å². The number of anilines is 1. The molecule has 0 bridgehead atoms. The van der Waals surface area contributed by atoms with Gasteiger partial charge in [0.25, 0.3) is 0 Å². The van der Waals surface area contributed by atoms with E-state index in [1.54, 1.807) is 0 Å². The number of morpholine rings is 1. The fourth-order valence-electron chi connectivity index (χ4n) is 2.84. The number of para-hydroxylation sites is 1. The van der Waals surface area contributed by atoms with Crippen molar-refractivity contribution < 1.29 is 9.53 Å². The molecule has 1 fully saturated rings. The molecule has 22 heavy (non-hydrogen) atoms. The zero-order chi connectivity index (χ0) is 16.1. The number of carbonyl (C=O) groups is 1. The van der Waals surface area contributed by atoms with Gasteiger partial charge in [0, 0.05) is 18.8 Å². The van der Waals surface area contributed by atoms with E-state index in [2.05, 4.69) is 51.2 Å². The SMILES string of the molecule is CC(C)c1cccc(C(C)C)c1NCC(=O)N1CCOCC1. The Bertz CT molecular complexity index is 480. The highest BCUT2D eigenvalue weighted by molar-refractivity contribution is 5.81. The van der Waals surface area contributed by atoms with E-state index in [4.69, 9.17) is 4.74 Å². The Labute approximate surface area is 133 Å². The quantitative estimate of drug-likeness (QED) is 0.908. The van der Waals surface area contributed by atoms with Gasteiger partial charge >= 0.3 is 0 Å².